The zero-order valence-electron chi connectivity index (χ0n) is 18.9. The summed E-state index contributed by atoms with van der Waals surface area (Å²) in [6.07, 6.45) is 5.06. The van der Waals surface area contributed by atoms with Gasteiger partial charge in [0, 0.05) is 17.6 Å². The molecule has 2 amide bonds. The number of hydrogen-bond donors (Lipinski definition) is 1. The van der Waals surface area contributed by atoms with Crippen molar-refractivity contribution < 1.29 is 18.0 Å². The highest BCUT2D eigenvalue weighted by Gasteiger charge is 2.31. The second-order valence-corrected chi connectivity index (χ2v) is 10.8. The molecule has 1 atom stereocenters. The molecule has 1 aliphatic carbocycles. The van der Waals surface area contributed by atoms with Crippen LogP contribution in [0.5, 0.6) is 0 Å². The summed E-state index contributed by atoms with van der Waals surface area (Å²) in [5.41, 5.74) is 1.14. The molecule has 178 valence electrons. The summed E-state index contributed by atoms with van der Waals surface area (Å²) in [4.78, 5) is 27.9. The topological polar surface area (TPSA) is 86.8 Å². The fourth-order valence-corrected chi connectivity index (χ4v) is 5.08. The first-order valence-corrected chi connectivity index (χ1v) is 13.2. The van der Waals surface area contributed by atoms with Crippen LogP contribution < -0.4 is 9.62 Å². The van der Waals surface area contributed by atoms with Gasteiger partial charge in [0.1, 0.15) is 12.6 Å². The van der Waals surface area contributed by atoms with Gasteiger partial charge in [-0.25, -0.2) is 8.42 Å². The van der Waals surface area contributed by atoms with E-state index in [1.54, 1.807) is 55.5 Å². The molecule has 2 aromatic rings. The molecule has 1 saturated carbocycles. The first-order chi connectivity index (χ1) is 15.6. The molecule has 0 aliphatic heterocycles. The molecule has 0 aromatic heterocycles. The number of nitrogens with zero attached hydrogens (tertiary/aromatic N) is 2. The summed E-state index contributed by atoms with van der Waals surface area (Å²) >= 11 is 6.12. The monoisotopic (exact) mass is 491 g/mol. The van der Waals surface area contributed by atoms with Crippen LogP contribution in [-0.4, -0.2) is 50.0 Å². The fourth-order valence-electron chi connectivity index (χ4n) is 4.01. The van der Waals surface area contributed by atoms with Crippen molar-refractivity contribution in [3.8, 4) is 0 Å². The van der Waals surface area contributed by atoms with Crippen molar-refractivity contribution in [1.29, 1.82) is 0 Å². The van der Waals surface area contributed by atoms with E-state index in [2.05, 4.69) is 5.32 Å². The average molecular weight is 492 g/mol. The van der Waals surface area contributed by atoms with Crippen LogP contribution in [0.3, 0.4) is 0 Å². The van der Waals surface area contributed by atoms with Crippen molar-refractivity contribution >= 4 is 39.1 Å². The number of carbonyl (C=O) groups is 2. The Morgan fingerprint density at radius 1 is 1.09 bits per heavy atom. The van der Waals surface area contributed by atoms with Crippen LogP contribution in [0.4, 0.5) is 5.69 Å². The molecule has 0 unspecified atom stereocenters. The van der Waals surface area contributed by atoms with Crippen LogP contribution in [0.25, 0.3) is 0 Å². The highest BCUT2D eigenvalue weighted by Crippen LogP contribution is 2.21. The molecule has 0 saturated heterocycles. The van der Waals surface area contributed by atoms with Crippen LogP contribution >= 0.6 is 11.6 Å². The fraction of sp³-hybridized carbons (Fsp3) is 0.417. The lowest BCUT2D eigenvalue weighted by Crippen LogP contribution is -2.52. The van der Waals surface area contributed by atoms with Gasteiger partial charge in [-0.3, -0.25) is 13.9 Å². The van der Waals surface area contributed by atoms with E-state index < -0.39 is 28.5 Å². The van der Waals surface area contributed by atoms with E-state index in [9.17, 15) is 18.0 Å². The second kappa shape index (κ2) is 11.0. The van der Waals surface area contributed by atoms with Gasteiger partial charge in [-0.2, -0.15) is 0 Å². The molecule has 1 aliphatic rings. The summed E-state index contributed by atoms with van der Waals surface area (Å²) in [5, 5.41) is 3.55. The van der Waals surface area contributed by atoms with Crippen LogP contribution in [-0.2, 0) is 26.2 Å². The molecule has 1 fully saturated rings. The molecule has 7 nitrogen and oxygen atoms in total. The molecule has 0 radical (unpaired) electrons. The number of rotatable bonds is 9. The van der Waals surface area contributed by atoms with Gasteiger partial charge >= 0.3 is 0 Å². The first-order valence-electron chi connectivity index (χ1n) is 11.0. The highest BCUT2D eigenvalue weighted by molar-refractivity contribution is 7.92. The SMILES string of the molecule is C[C@H](C(=O)NC1CCCC1)N(Cc1cccc(Cl)c1)C(=O)CN(c1ccccc1)S(C)(=O)=O. The molecule has 0 heterocycles. The van der Waals surface area contributed by atoms with Gasteiger partial charge in [-0.1, -0.05) is 54.8 Å². The van der Waals surface area contributed by atoms with E-state index in [0.29, 0.717) is 10.7 Å². The zero-order chi connectivity index (χ0) is 24.0. The smallest absolute Gasteiger partial charge is 0.244 e. The zero-order valence-corrected chi connectivity index (χ0v) is 20.5. The normalized spacial score (nSPS) is 15.1. The summed E-state index contributed by atoms with van der Waals surface area (Å²) in [5.74, 6) is -0.721. The molecular formula is C24H30ClN3O4S. The molecule has 3 rings (SSSR count). The van der Waals surface area contributed by atoms with Gasteiger partial charge in [0.2, 0.25) is 21.8 Å². The molecule has 1 N–H and O–H groups in total. The van der Waals surface area contributed by atoms with E-state index in [4.69, 9.17) is 11.6 Å². The average Bonchev–Trinajstić information content (AvgIpc) is 3.28. The van der Waals surface area contributed by atoms with Crippen molar-refractivity contribution in [3.05, 3.63) is 65.2 Å². The van der Waals surface area contributed by atoms with Crippen molar-refractivity contribution in [1.82, 2.24) is 10.2 Å². The third-order valence-corrected chi connectivity index (χ3v) is 7.21. The first kappa shape index (κ1) is 25.1. The lowest BCUT2D eigenvalue weighted by Gasteiger charge is -2.32. The van der Waals surface area contributed by atoms with Crippen LogP contribution in [0.1, 0.15) is 38.2 Å². The Bertz CT molecular complexity index is 1070. The van der Waals surface area contributed by atoms with Gasteiger partial charge in [0.25, 0.3) is 0 Å². The van der Waals surface area contributed by atoms with Crippen molar-refractivity contribution in [3.63, 3.8) is 0 Å². The third-order valence-electron chi connectivity index (χ3n) is 5.83. The molecular weight excluding hydrogens is 462 g/mol. The van der Waals surface area contributed by atoms with Crippen molar-refractivity contribution in [2.45, 2.75) is 51.2 Å². The van der Waals surface area contributed by atoms with Crippen molar-refractivity contribution in [2.24, 2.45) is 0 Å². The van der Waals surface area contributed by atoms with Crippen molar-refractivity contribution in [2.75, 3.05) is 17.1 Å². The summed E-state index contributed by atoms with van der Waals surface area (Å²) < 4.78 is 26.0. The van der Waals surface area contributed by atoms with E-state index >= 15 is 0 Å². The van der Waals surface area contributed by atoms with Crippen LogP contribution in [0, 0.1) is 0 Å². The summed E-state index contributed by atoms with van der Waals surface area (Å²) in [6.45, 7) is 1.38. The Kier molecular flexibility index (Phi) is 8.37. The number of sulfonamides is 1. The Balaban J connectivity index is 1.86. The molecule has 0 spiro atoms. The Labute approximate surface area is 200 Å². The lowest BCUT2D eigenvalue weighted by atomic mass is 10.1. The number of carbonyl (C=O) groups excluding carboxylic acids is 2. The van der Waals surface area contributed by atoms with E-state index in [1.807, 2.05) is 6.07 Å². The quantitative estimate of drug-likeness (QED) is 0.580. The maximum absolute atomic E-state index is 13.5. The minimum Gasteiger partial charge on any atom is -0.352 e. The molecule has 0 bridgehead atoms. The van der Waals surface area contributed by atoms with Gasteiger partial charge in [-0.05, 0) is 49.6 Å². The number of halogens is 1. The van der Waals surface area contributed by atoms with Crippen LogP contribution in [0.15, 0.2) is 54.6 Å². The van der Waals surface area contributed by atoms with Gasteiger partial charge < -0.3 is 10.2 Å². The minimum absolute atomic E-state index is 0.111. The molecule has 2 aromatic carbocycles. The second-order valence-electron chi connectivity index (χ2n) is 8.42. The van der Waals surface area contributed by atoms with E-state index in [-0.39, 0.29) is 18.5 Å². The van der Waals surface area contributed by atoms with Gasteiger partial charge in [0.05, 0.1) is 11.9 Å². The number of hydrogen-bond acceptors (Lipinski definition) is 4. The van der Waals surface area contributed by atoms with E-state index in [1.165, 1.54) is 4.90 Å². The largest absolute Gasteiger partial charge is 0.352 e. The molecule has 33 heavy (non-hydrogen) atoms. The summed E-state index contributed by atoms with van der Waals surface area (Å²) in [7, 11) is -3.73. The number of nitrogens with one attached hydrogen (secondary N) is 1. The Morgan fingerprint density at radius 2 is 1.76 bits per heavy atom. The predicted molar refractivity (Wildman–Crippen MR) is 130 cm³/mol. The summed E-state index contributed by atoms with van der Waals surface area (Å²) in [6, 6.07) is 14.8. The van der Waals surface area contributed by atoms with Gasteiger partial charge in [0.15, 0.2) is 0 Å². The predicted octanol–water partition coefficient (Wildman–Crippen LogP) is 3.58. The number of para-hydroxylation sites is 1. The maximum Gasteiger partial charge on any atom is 0.244 e. The van der Waals surface area contributed by atoms with Crippen LogP contribution in [0.2, 0.25) is 5.02 Å². The number of amides is 2. The Morgan fingerprint density at radius 3 is 2.36 bits per heavy atom. The lowest BCUT2D eigenvalue weighted by molar-refractivity contribution is -0.139. The van der Waals surface area contributed by atoms with Gasteiger partial charge in [-0.15, -0.1) is 0 Å². The Hall–Kier alpha value is -2.58. The number of benzene rings is 2. The third kappa shape index (κ3) is 6.95. The maximum atomic E-state index is 13.5. The molecule has 9 heteroatoms. The van der Waals surface area contributed by atoms with E-state index in [0.717, 1.165) is 41.8 Å². The number of anilines is 1. The minimum atomic E-state index is -3.73. The standard InChI is InChI=1S/C24H30ClN3O4S/c1-18(24(30)26-21-11-6-7-12-21)27(16-19-9-8-10-20(25)15-19)23(29)17-28(33(2,31)32)22-13-4-3-5-14-22/h3-5,8-10,13-15,18,21H,6-7,11-12,16-17H2,1-2H3,(H,26,30)/t18-/m1/s1. The highest BCUT2D eigenvalue weighted by atomic mass is 35.5.